The van der Waals surface area contributed by atoms with E-state index < -0.39 is 5.97 Å². The molecule has 0 heterocycles. The lowest BCUT2D eigenvalue weighted by molar-refractivity contribution is -0.139. The van der Waals surface area contributed by atoms with Gasteiger partial charge < -0.3 is 9.84 Å². The number of hydrogen-bond donors (Lipinski definition) is 1. The number of rotatable bonds is 6. The van der Waals surface area contributed by atoms with E-state index >= 15 is 0 Å². The van der Waals surface area contributed by atoms with Gasteiger partial charge >= 0.3 is 5.97 Å². The Bertz CT molecular complexity index is 501. The maximum atomic E-state index is 12.4. The first-order valence-corrected chi connectivity index (χ1v) is 6.94. The first-order valence-electron chi connectivity index (χ1n) is 6.94. The largest absolute Gasteiger partial charge is 0.497 e. The first-order chi connectivity index (χ1) is 9.54. The quantitative estimate of drug-likeness (QED) is 0.810. The van der Waals surface area contributed by atoms with Crippen LogP contribution in [0.5, 0.6) is 5.75 Å². The van der Waals surface area contributed by atoms with Crippen LogP contribution in [0.25, 0.3) is 0 Å². The molecule has 0 aliphatic heterocycles. The number of Topliss-reactive ketones (excluding diaryl/α,β-unsaturated/α-hetero) is 1. The van der Waals surface area contributed by atoms with Crippen LogP contribution in [0.1, 0.15) is 48.9 Å². The molecule has 0 unspecified atom stereocenters. The van der Waals surface area contributed by atoms with Crippen LogP contribution in [0.15, 0.2) is 24.3 Å². The van der Waals surface area contributed by atoms with Gasteiger partial charge in [-0.05, 0) is 30.4 Å². The zero-order valence-electron chi connectivity index (χ0n) is 11.7. The van der Waals surface area contributed by atoms with Crippen molar-refractivity contribution >= 4 is 11.8 Å². The van der Waals surface area contributed by atoms with Crippen molar-refractivity contribution in [1.29, 1.82) is 0 Å². The summed E-state index contributed by atoms with van der Waals surface area (Å²) in [6, 6.07) is 7.05. The van der Waals surface area contributed by atoms with Crippen molar-refractivity contribution in [3.63, 3.8) is 0 Å². The lowest BCUT2D eigenvalue weighted by Gasteiger charge is -2.26. The highest BCUT2D eigenvalue weighted by Gasteiger charge is 2.38. The van der Waals surface area contributed by atoms with Gasteiger partial charge in [-0.3, -0.25) is 9.59 Å². The number of carbonyl (C=O) groups excluding carboxylic acids is 1. The van der Waals surface area contributed by atoms with Crippen LogP contribution in [0.4, 0.5) is 0 Å². The third-order valence-corrected chi connectivity index (χ3v) is 4.12. The Morgan fingerprint density at radius 1 is 1.25 bits per heavy atom. The van der Waals surface area contributed by atoms with E-state index in [9.17, 15) is 9.59 Å². The number of benzene rings is 1. The molecule has 1 aromatic carbocycles. The zero-order valence-corrected chi connectivity index (χ0v) is 11.7. The molecule has 1 N–H and O–H groups in total. The summed E-state index contributed by atoms with van der Waals surface area (Å²) in [4.78, 5) is 23.5. The minimum absolute atomic E-state index is 0.00653. The Morgan fingerprint density at radius 3 is 2.55 bits per heavy atom. The maximum Gasteiger partial charge on any atom is 0.303 e. The molecule has 0 amide bonds. The minimum atomic E-state index is -0.814. The number of ketones is 1. The SMILES string of the molecule is COc1cccc(C(=O)CC2(CC(=O)O)CCCC2)c1. The molecule has 0 atom stereocenters. The standard InChI is InChI=1S/C16H20O4/c1-20-13-6-4-5-12(9-13)14(17)10-16(11-15(18)19)7-2-3-8-16/h4-6,9H,2-3,7-8,10-11H2,1H3,(H,18,19). The average molecular weight is 276 g/mol. The average Bonchev–Trinajstić information content (AvgIpc) is 2.86. The molecule has 2 rings (SSSR count). The second kappa shape index (κ2) is 6.07. The molecule has 20 heavy (non-hydrogen) atoms. The van der Waals surface area contributed by atoms with E-state index in [0.29, 0.717) is 17.7 Å². The number of hydrogen-bond acceptors (Lipinski definition) is 3. The molecule has 1 aromatic rings. The van der Waals surface area contributed by atoms with Crippen molar-refractivity contribution in [2.45, 2.75) is 38.5 Å². The van der Waals surface area contributed by atoms with Crippen LogP contribution in [0, 0.1) is 5.41 Å². The number of carboxylic acids is 1. The smallest absolute Gasteiger partial charge is 0.303 e. The van der Waals surface area contributed by atoms with Crippen molar-refractivity contribution in [1.82, 2.24) is 0 Å². The second-order valence-corrected chi connectivity index (χ2v) is 5.61. The van der Waals surface area contributed by atoms with Gasteiger partial charge in [0, 0.05) is 12.0 Å². The summed E-state index contributed by atoms with van der Waals surface area (Å²) in [5.74, 6) is -0.160. The van der Waals surface area contributed by atoms with Gasteiger partial charge in [0.1, 0.15) is 5.75 Å². The fraction of sp³-hybridized carbons (Fsp3) is 0.500. The predicted octanol–water partition coefficient (Wildman–Crippen LogP) is 3.30. The monoisotopic (exact) mass is 276 g/mol. The van der Waals surface area contributed by atoms with E-state index in [4.69, 9.17) is 9.84 Å². The highest BCUT2D eigenvalue weighted by Crippen LogP contribution is 2.44. The third-order valence-electron chi connectivity index (χ3n) is 4.12. The molecule has 1 saturated carbocycles. The summed E-state index contributed by atoms with van der Waals surface area (Å²) < 4.78 is 5.12. The lowest BCUT2D eigenvalue weighted by Crippen LogP contribution is -2.24. The van der Waals surface area contributed by atoms with Gasteiger partial charge in [0.25, 0.3) is 0 Å². The summed E-state index contributed by atoms with van der Waals surface area (Å²) in [6.45, 7) is 0. The van der Waals surface area contributed by atoms with E-state index in [1.165, 1.54) is 0 Å². The molecule has 1 fully saturated rings. The fourth-order valence-electron chi connectivity index (χ4n) is 3.10. The molecular weight excluding hydrogens is 256 g/mol. The number of carboxylic acid groups (broad SMARTS) is 1. The summed E-state index contributed by atoms with van der Waals surface area (Å²) in [7, 11) is 1.56. The van der Waals surface area contributed by atoms with Crippen LogP contribution in [0.2, 0.25) is 0 Å². The normalized spacial score (nSPS) is 16.9. The summed E-state index contributed by atoms with van der Waals surface area (Å²) in [6.07, 6.45) is 4.08. The van der Waals surface area contributed by atoms with E-state index in [-0.39, 0.29) is 17.6 Å². The van der Waals surface area contributed by atoms with Gasteiger partial charge in [0.05, 0.1) is 13.5 Å². The summed E-state index contributed by atoms with van der Waals surface area (Å²) >= 11 is 0. The Kier molecular flexibility index (Phi) is 4.42. The number of methoxy groups -OCH3 is 1. The molecule has 108 valence electrons. The van der Waals surface area contributed by atoms with Crippen LogP contribution >= 0.6 is 0 Å². The Labute approximate surface area is 118 Å². The molecular formula is C16H20O4. The molecule has 0 spiro atoms. The molecule has 0 bridgehead atoms. The summed E-state index contributed by atoms with van der Waals surface area (Å²) in [5.41, 5.74) is 0.243. The van der Waals surface area contributed by atoms with Gasteiger partial charge in [-0.15, -0.1) is 0 Å². The number of ether oxygens (including phenoxy) is 1. The van der Waals surface area contributed by atoms with Gasteiger partial charge in [-0.1, -0.05) is 25.0 Å². The second-order valence-electron chi connectivity index (χ2n) is 5.61. The number of aliphatic carboxylic acids is 1. The Balaban J connectivity index is 2.13. The van der Waals surface area contributed by atoms with Crippen molar-refractivity contribution in [3.8, 4) is 5.75 Å². The van der Waals surface area contributed by atoms with Gasteiger partial charge in [0.15, 0.2) is 5.78 Å². The van der Waals surface area contributed by atoms with Gasteiger partial charge in [0.2, 0.25) is 0 Å². The summed E-state index contributed by atoms with van der Waals surface area (Å²) in [5, 5.41) is 9.07. The van der Waals surface area contributed by atoms with Crippen molar-refractivity contribution in [2.75, 3.05) is 7.11 Å². The first kappa shape index (κ1) is 14.6. The predicted molar refractivity (Wildman–Crippen MR) is 75.1 cm³/mol. The molecule has 1 aliphatic carbocycles. The molecule has 4 nitrogen and oxygen atoms in total. The fourth-order valence-corrected chi connectivity index (χ4v) is 3.10. The van der Waals surface area contributed by atoms with Crippen LogP contribution in [0.3, 0.4) is 0 Å². The van der Waals surface area contributed by atoms with E-state index in [0.717, 1.165) is 25.7 Å². The van der Waals surface area contributed by atoms with Crippen molar-refractivity contribution < 1.29 is 19.4 Å². The Hall–Kier alpha value is -1.84. The van der Waals surface area contributed by atoms with Gasteiger partial charge in [-0.25, -0.2) is 0 Å². The minimum Gasteiger partial charge on any atom is -0.497 e. The molecule has 0 aromatic heterocycles. The molecule has 1 aliphatic rings. The molecule has 0 radical (unpaired) electrons. The third kappa shape index (κ3) is 3.38. The van der Waals surface area contributed by atoms with Gasteiger partial charge in [-0.2, -0.15) is 0 Å². The van der Waals surface area contributed by atoms with E-state index in [1.807, 2.05) is 0 Å². The van der Waals surface area contributed by atoms with Crippen LogP contribution in [-0.2, 0) is 4.79 Å². The van der Waals surface area contributed by atoms with Crippen LogP contribution in [-0.4, -0.2) is 24.0 Å². The highest BCUT2D eigenvalue weighted by atomic mass is 16.5. The topological polar surface area (TPSA) is 63.6 Å². The zero-order chi connectivity index (χ0) is 14.6. The van der Waals surface area contributed by atoms with E-state index in [2.05, 4.69) is 0 Å². The molecule has 4 heteroatoms. The number of carbonyl (C=O) groups is 2. The van der Waals surface area contributed by atoms with E-state index in [1.54, 1.807) is 31.4 Å². The van der Waals surface area contributed by atoms with Crippen molar-refractivity contribution in [3.05, 3.63) is 29.8 Å². The van der Waals surface area contributed by atoms with Crippen molar-refractivity contribution in [2.24, 2.45) is 5.41 Å². The van der Waals surface area contributed by atoms with Crippen LogP contribution < -0.4 is 4.74 Å². The Morgan fingerprint density at radius 2 is 1.95 bits per heavy atom. The maximum absolute atomic E-state index is 12.4. The lowest BCUT2D eigenvalue weighted by atomic mass is 9.77. The molecule has 0 saturated heterocycles. The highest BCUT2D eigenvalue weighted by molar-refractivity contribution is 5.97.